The van der Waals surface area contributed by atoms with E-state index >= 15 is 0 Å². The number of thiazole rings is 1. The molecule has 0 saturated heterocycles. The maximum atomic E-state index is 5.62. The van der Waals surface area contributed by atoms with Crippen molar-refractivity contribution in [2.24, 2.45) is 0 Å². The van der Waals surface area contributed by atoms with Crippen LogP contribution in [0.5, 0.6) is 5.75 Å². The second-order valence-electron chi connectivity index (χ2n) is 4.33. The van der Waals surface area contributed by atoms with Crippen LogP contribution in [0.25, 0.3) is 23.1 Å². The van der Waals surface area contributed by atoms with Gasteiger partial charge in [-0.2, -0.15) is 0 Å². The van der Waals surface area contributed by atoms with Gasteiger partial charge in [0.05, 0.1) is 12.3 Å². The molecule has 20 heavy (non-hydrogen) atoms. The minimum absolute atomic E-state index is 0.585. The lowest BCUT2D eigenvalue weighted by Gasteiger charge is -2.02. The molecule has 0 amide bonds. The number of rotatable bonds is 4. The van der Waals surface area contributed by atoms with Gasteiger partial charge in [0.1, 0.15) is 5.75 Å². The van der Waals surface area contributed by atoms with E-state index in [0.29, 0.717) is 11.7 Å². The number of nitrogens with zero attached hydrogens (tertiary/aromatic N) is 1. The molecule has 0 aliphatic rings. The maximum Gasteiger partial charge on any atom is 0.180 e. The Labute approximate surface area is 120 Å². The summed E-state index contributed by atoms with van der Waals surface area (Å²) in [5.41, 5.74) is 8.69. The van der Waals surface area contributed by atoms with Crippen LogP contribution in [-0.4, -0.2) is 16.6 Å². The molecule has 0 aliphatic carbocycles. The van der Waals surface area contributed by atoms with Gasteiger partial charge in [-0.3, -0.25) is 0 Å². The van der Waals surface area contributed by atoms with Crippen molar-refractivity contribution in [2.75, 3.05) is 12.3 Å². The highest BCUT2D eigenvalue weighted by Gasteiger charge is 2.03. The van der Waals surface area contributed by atoms with Gasteiger partial charge >= 0.3 is 0 Å². The molecular weight excluding hydrogens is 270 g/mol. The van der Waals surface area contributed by atoms with E-state index in [1.54, 1.807) is 0 Å². The first-order valence-electron chi connectivity index (χ1n) is 6.39. The number of nitrogens with one attached hydrogen (secondary N) is 1. The lowest BCUT2D eigenvalue weighted by Crippen LogP contribution is -1.90. The van der Waals surface area contributed by atoms with Crippen LogP contribution in [0, 0.1) is 0 Å². The summed E-state index contributed by atoms with van der Waals surface area (Å²) >= 11 is 1.44. The normalized spacial score (nSPS) is 11.4. The molecule has 3 rings (SSSR count). The molecule has 0 fully saturated rings. The van der Waals surface area contributed by atoms with E-state index < -0.39 is 0 Å². The lowest BCUT2D eigenvalue weighted by atomic mass is 10.1. The van der Waals surface area contributed by atoms with E-state index in [-0.39, 0.29) is 0 Å². The number of benzene rings is 1. The highest BCUT2D eigenvalue weighted by molar-refractivity contribution is 7.13. The highest BCUT2D eigenvalue weighted by Crippen LogP contribution is 2.25. The fraction of sp³-hybridized carbons (Fsp3) is 0.133. The third kappa shape index (κ3) is 2.53. The average molecular weight is 285 g/mol. The summed E-state index contributed by atoms with van der Waals surface area (Å²) in [6, 6.07) is 6.04. The van der Waals surface area contributed by atoms with Crippen molar-refractivity contribution in [1.82, 2.24) is 9.97 Å². The summed E-state index contributed by atoms with van der Waals surface area (Å²) < 4.78 is 5.54. The monoisotopic (exact) mass is 285 g/mol. The number of aromatic nitrogens is 2. The number of hydrogen-bond acceptors (Lipinski definition) is 4. The maximum absolute atomic E-state index is 5.62. The highest BCUT2D eigenvalue weighted by atomic mass is 32.1. The number of nitrogen functional groups attached to an aromatic ring is 1. The second-order valence-corrected chi connectivity index (χ2v) is 5.22. The Kier molecular flexibility index (Phi) is 3.43. The van der Waals surface area contributed by atoms with Gasteiger partial charge in [-0.1, -0.05) is 6.08 Å². The minimum Gasteiger partial charge on any atom is -0.494 e. The largest absolute Gasteiger partial charge is 0.494 e. The first kappa shape index (κ1) is 12.7. The summed E-state index contributed by atoms with van der Waals surface area (Å²) in [4.78, 5) is 7.46. The van der Waals surface area contributed by atoms with Crippen molar-refractivity contribution >= 4 is 39.5 Å². The van der Waals surface area contributed by atoms with Crippen molar-refractivity contribution in [3.63, 3.8) is 0 Å². The molecule has 0 spiro atoms. The average Bonchev–Trinajstić information content (AvgIpc) is 3.03. The van der Waals surface area contributed by atoms with Gasteiger partial charge in [0.2, 0.25) is 0 Å². The third-order valence-electron chi connectivity index (χ3n) is 2.97. The molecule has 0 bridgehead atoms. The van der Waals surface area contributed by atoms with E-state index in [0.717, 1.165) is 27.9 Å². The van der Waals surface area contributed by atoms with Gasteiger partial charge in [0.25, 0.3) is 0 Å². The molecule has 0 radical (unpaired) electrons. The Bertz CT molecular complexity index is 757. The quantitative estimate of drug-likeness (QED) is 0.766. The van der Waals surface area contributed by atoms with E-state index in [1.807, 2.05) is 48.9 Å². The van der Waals surface area contributed by atoms with Crippen molar-refractivity contribution in [3.8, 4) is 5.75 Å². The molecular formula is C15H15N3OS. The lowest BCUT2D eigenvalue weighted by molar-refractivity contribution is 0.341. The van der Waals surface area contributed by atoms with Gasteiger partial charge in [-0.15, -0.1) is 11.3 Å². The fourth-order valence-corrected chi connectivity index (χ4v) is 2.60. The zero-order valence-electron chi connectivity index (χ0n) is 11.1. The van der Waals surface area contributed by atoms with Crippen LogP contribution in [0.1, 0.15) is 18.2 Å². The van der Waals surface area contributed by atoms with E-state index in [9.17, 15) is 0 Å². The van der Waals surface area contributed by atoms with Crippen LogP contribution in [0.2, 0.25) is 0 Å². The van der Waals surface area contributed by atoms with Gasteiger partial charge in [-0.05, 0) is 36.8 Å². The Hall–Kier alpha value is -2.27. The van der Waals surface area contributed by atoms with Crippen LogP contribution in [0.4, 0.5) is 5.13 Å². The first-order chi connectivity index (χ1) is 9.76. The van der Waals surface area contributed by atoms with E-state index in [2.05, 4.69) is 9.97 Å². The second kappa shape index (κ2) is 5.38. The van der Waals surface area contributed by atoms with Crippen LogP contribution in [-0.2, 0) is 0 Å². The number of anilines is 1. The molecule has 0 unspecified atom stereocenters. The Morgan fingerprint density at radius 3 is 3.05 bits per heavy atom. The van der Waals surface area contributed by atoms with Crippen molar-refractivity contribution in [3.05, 3.63) is 41.0 Å². The smallest absolute Gasteiger partial charge is 0.180 e. The van der Waals surface area contributed by atoms with Crippen molar-refractivity contribution in [1.29, 1.82) is 0 Å². The summed E-state index contributed by atoms with van der Waals surface area (Å²) in [5, 5.41) is 3.66. The molecule has 0 aliphatic heterocycles. The van der Waals surface area contributed by atoms with E-state index in [4.69, 9.17) is 10.5 Å². The summed E-state index contributed by atoms with van der Waals surface area (Å²) in [6.45, 7) is 2.65. The molecule has 5 heteroatoms. The summed E-state index contributed by atoms with van der Waals surface area (Å²) in [5.74, 6) is 0.882. The third-order valence-corrected chi connectivity index (χ3v) is 3.66. The molecule has 4 nitrogen and oxygen atoms in total. The predicted octanol–water partition coefficient (Wildman–Crippen LogP) is 3.78. The van der Waals surface area contributed by atoms with Gasteiger partial charge < -0.3 is 15.5 Å². The molecule has 0 atom stereocenters. The number of ether oxygens (including phenoxy) is 1. The number of nitrogens with two attached hydrogens (primary N) is 1. The van der Waals surface area contributed by atoms with Crippen LogP contribution < -0.4 is 10.5 Å². The summed E-state index contributed by atoms with van der Waals surface area (Å²) in [7, 11) is 0. The summed E-state index contributed by atoms with van der Waals surface area (Å²) in [6.07, 6.45) is 5.97. The van der Waals surface area contributed by atoms with Gasteiger partial charge in [0.15, 0.2) is 5.13 Å². The molecule has 102 valence electrons. The minimum atomic E-state index is 0.585. The van der Waals surface area contributed by atoms with Crippen LogP contribution in [0.15, 0.2) is 29.8 Å². The zero-order valence-corrected chi connectivity index (χ0v) is 11.9. The fourth-order valence-electron chi connectivity index (χ4n) is 2.07. The number of hydrogen-bond donors (Lipinski definition) is 2. The SMILES string of the molecule is CCOc1ccc2[nH]cc(/C=C/c3csc(N)n3)c2c1. The standard InChI is InChI=1S/C15H15N3OS/c1-2-19-12-5-6-14-13(7-12)10(8-17-14)3-4-11-9-20-15(16)18-11/h3-9,17H,2H2,1H3,(H2,16,18)/b4-3+. The molecule has 2 heterocycles. The first-order valence-corrected chi connectivity index (χ1v) is 7.27. The molecule has 3 N–H and O–H groups in total. The van der Waals surface area contributed by atoms with Gasteiger partial charge in [-0.25, -0.2) is 4.98 Å². The van der Waals surface area contributed by atoms with Crippen LogP contribution >= 0.6 is 11.3 Å². The van der Waals surface area contributed by atoms with Crippen LogP contribution in [0.3, 0.4) is 0 Å². The Morgan fingerprint density at radius 2 is 2.30 bits per heavy atom. The van der Waals surface area contributed by atoms with Crippen molar-refractivity contribution in [2.45, 2.75) is 6.92 Å². The van der Waals surface area contributed by atoms with E-state index in [1.165, 1.54) is 11.3 Å². The number of fused-ring (bicyclic) bond motifs is 1. The van der Waals surface area contributed by atoms with Crippen molar-refractivity contribution < 1.29 is 4.74 Å². The number of aromatic amines is 1. The molecule has 0 saturated carbocycles. The molecule has 2 aromatic heterocycles. The Balaban J connectivity index is 1.94. The molecule has 3 aromatic rings. The topological polar surface area (TPSA) is 63.9 Å². The zero-order chi connectivity index (χ0) is 13.9. The molecule has 1 aromatic carbocycles. The predicted molar refractivity (Wildman–Crippen MR) is 84.9 cm³/mol. The number of H-pyrrole nitrogens is 1. The Morgan fingerprint density at radius 1 is 1.40 bits per heavy atom. The van der Waals surface area contributed by atoms with Gasteiger partial charge in [0, 0.05) is 22.5 Å².